The Hall–Kier alpha value is -1.25. The Kier molecular flexibility index (Phi) is 2.55. The van der Waals surface area contributed by atoms with Gasteiger partial charge in [0.1, 0.15) is 0 Å². The lowest BCUT2D eigenvalue weighted by Crippen LogP contribution is -2.13. The largest absolute Gasteiger partial charge is 0.367 e. The van der Waals surface area contributed by atoms with Crippen molar-refractivity contribution in [3.63, 3.8) is 0 Å². The number of carbonyl (C=O) groups excluding carboxylic acids is 1. The van der Waals surface area contributed by atoms with Crippen LogP contribution < -0.4 is 5.32 Å². The predicted octanol–water partition coefficient (Wildman–Crippen LogP) is 0.303. The second kappa shape index (κ2) is 3.71. The van der Waals surface area contributed by atoms with Crippen molar-refractivity contribution in [1.29, 1.82) is 0 Å². The van der Waals surface area contributed by atoms with E-state index in [4.69, 9.17) is 0 Å². The van der Waals surface area contributed by atoms with Crippen molar-refractivity contribution < 1.29 is 4.79 Å². The first kappa shape index (κ1) is 6.86. The summed E-state index contributed by atoms with van der Waals surface area (Å²) in [6, 6.07) is 1.99. The Labute approximate surface area is 59.4 Å². The number of H-pyrrole nitrogens is 1. The van der Waals surface area contributed by atoms with Crippen LogP contribution in [0, 0.1) is 0 Å². The van der Waals surface area contributed by atoms with Crippen LogP contribution in [0.15, 0.2) is 18.5 Å². The third kappa shape index (κ3) is 1.93. The van der Waals surface area contributed by atoms with Crippen LogP contribution in [0.4, 0.5) is 0 Å². The quantitative estimate of drug-likeness (QED) is 0.456. The van der Waals surface area contributed by atoms with Gasteiger partial charge in [0.25, 0.3) is 0 Å². The SMILES string of the molecule is O=CNCCc1cc[nH]c1. The molecule has 2 N–H and O–H groups in total. The Morgan fingerprint density at radius 2 is 2.60 bits per heavy atom. The summed E-state index contributed by atoms with van der Waals surface area (Å²) in [4.78, 5) is 12.8. The lowest BCUT2D eigenvalue weighted by atomic mass is 10.2. The molecule has 54 valence electrons. The maximum atomic E-state index is 9.81. The molecule has 1 aromatic rings. The summed E-state index contributed by atoms with van der Waals surface area (Å²) >= 11 is 0. The topological polar surface area (TPSA) is 44.9 Å². The molecule has 1 heterocycles. The average molecular weight is 138 g/mol. The minimum absolute atomic E-state index is 0.710. The Morgan fingerprint density at radius 1 is 1.70 bits per heavy atom. The summed E-state index contributed by atoms with van der Waals surface area (Å²) in [5, 5.41) is 2.59. The predicted molar refractivity (Wildman–Crippen MR) is 38.6 cm³/mol. The van der Waals surface area contributed by atoms with Crippen molar-refractivity contribution in [3.8, 4) is 0 Å². The van der Waals surface area contributed by atoms with E-state index in [2.05, 4.69) is 10.3 Å². The average Bonchev–Trinajstić information content (AvgIpc) is 2.41. The second-order valence-electron chi connectivity index (χ2n) is 2.04. The summed E-state index contributed by atoms with van der Waals surface area (Å²) in [7, 11) is 0. The van der Waals surface area contributed by atoms with Crippen molar-refractivity contribution in [2.45, 2.75) is 6.42 Å². The van der Waals surface area contributed by atoms with E-state index in [-0.39, 0.29) is 0 Å². The molecule has 0 fully saturated rings. The first-order valence-electron chi connectivity index (χ1n) is 3.22. The van der Waals surface area contributed by atoms with Gasteiger partial charge >= 0.3 is 0 Å². The first-order valence-corrected chi connectivity index (χ1v) is 3.22. The molecule has 3 heteroatoms. The van der Waals surface area contributed by atoms with Gasteiger partial charge in [0, 0.05) is 18.9 Å². The molecular weight excluding hydrogens is 128 g/mol. The second-order valence-corrected chi connectivity index (χ2v) is 2.04. The molecule has 0 spiro atoms. The zero-order valence-electron chi connectivity index (χ0n) is 5.63. The monoisotopic (exact) mass is 138 g/mol. The van der Waals surface area contributed by atoms with Gasteiger partial charge in [0.05, 0.1) is 0 Å². The van der Waals surface area contributed by atoms with E-state index >= 15 is 0 Å². The molecule has 0 radical (unpaired) electrons. The highest BCUT2D eigenvalue weighted by Crippen LogP contribution is 1.95. The van der Waals surface area contributed by atoms with Crippen molar-refractivity contribution in [2.24, 2.45) is 0 Å². The molecule has 0 saturated heterocycles. The van der Waals surface area contributed by atoms with Crippen LogP contribution in [0.1, 0.15) is 5.56 Å². The maximum Gasteiger partial charge on any atom is 0.207 e. The van der Waals surface area contributed by atoms with Gasteiger partial charge in [-0.2, -0.15) is 0 Å². The number of rotatable bonds is 4. The zero-order chi connectivity index (χ0) is 7.23. The number of carbonyl (C=O) groups is 1. The van der Waals surface area contributed by atoms with E-state index in [0.717, 1.165) is 6.42 Å². The Balaban J connectivity index is 2.21. The fourth-order valence-corrected chi connectivity index (χ4v) is 0.789. The molecule has 0 atom stereocenters. The van der Waals surface area contributed by atoms with E-state index in [1.807, 2.05) is 18.5 Å². The van der Waals surface area contributed by atoms with E-state index < -0.39 is 0 Å². The summed E-state index contributed by atoms with van der Waals surface area (Å²) in [6.45, 7) is 0.710. The Morgan fingerprint density at radius 3 is 3.20 bits per heavy atom. The lowest BCUT2D eigenvalue weighted by molar-refractivity contribution is -0.109. The van der Waals surface area contributed by atoms with Gasteiger partial charge in [0.2, 0.25) is 6.41 Å². The van der Waals surface area contributed by atoms with Crippen molar-refractivity contribution in [1.82, 2.24) is 10.3 Å². The number of aromatic nitrogens is 1. The minimum Gasteiger partial charge on any atom is -0.367 e. The standard InChI is InChI=1S/C7H10N2O/c10-6-9-4-2-7-1-3-8-5-7/h1,3,5-6,8H,2,4H2,(H,9,10). The molecule has 0 aliphatic carbocycles. The van der Waals surface area contributed by atoms with Crippen LogP contribution in [0.2, 0.25) is 0 Å². The van der Waals surface area contributed by atoms with Gasteiger partial charge in [0.15, 0.2) is 0 Å². The summed E-state index contributed by atoms with van der Waals surface area (Å²) in [5.74, 6) is 0. The van der Waals surface area contributed by atoms with Crippen molar-refractivity contribution in [3.05, 3.63) is 24.0 Å². The highest BCUT2D eigenvalue weighted by atomic mass is 16.1. The molecule has 1 amide bonds. The molecule has 3 nitrogen and oxygen atoms in total. The van der Waals surface area contributed by atoms with E-state index in [1.54, 1.807) is 0 Å². The van der Waals surface area contributed by atoms with Crippen molar-refractivity contribution in [2.75, 3.05) is 6.54 Å². The van der Waals surface area contributed by atoms with E-state index in [9.17, 15) is 4.79 Å². The minimum atomic E-state index is 0.710. The van der Waals surface area contributed by atoms with E-state index in [0.29, 0.717) is 13.0 Å². The number of hydrogen-bond acceptors (Lipinski definition) is 1. The van der Waals surface area contributed by atoms with Crippen molar-refractivity contribution >= 4 is 6.41 Å². The van der Waals surface area contributed by atoms with Gasteiger partial charge in [-0.3, -0.25) is 4.79 Å². The van der Waals surface area contributed by atoms with Crippen LogP contribution in [-0.2, 0) is 11.2 Å². The summed E-state index contributed by atoms with van der Waals surface area (Å²) in [5.41, 5.74) is 1.22. The smallest absolute Gasteiger partial charge is 0.207 e. The fourth-order valence-electron chi connectivity index (χ4n) is 0.789. The maximum absolute atomic E-state index is 9.81. The van der Waals surface area contributed by atoms with Crippen LogP contribution in [0.5, 0.6) is 0 Å². The first-order chi connectivity index (χ1) is 4.93. The molecule has 1 aromatic heterocycles. The summed E-state index contributed by atoms with van der Waals surface area (Å²) < 4.78 is 0. The lowest BCUT2D eigenvalue weighted by Gasteiger charge is -1.93. The molecule has 0 saturated carbocycles. The van der Waals surface area contributed by atoms with Gasteiger partial charge in [-0.1, -0.05) is 0 Å². The number of aromatic amines is 1. The molecule has 0 bridgehead atoms. The molecular formula is C7H10N2O. The molecule has 0 unspecified atom stereocenters. The summed E-state index contributed by atoms with van der Waals surface area (Å²) in [6.07, 6.45) is 5.40. The number of nitrogens with one attached hydrogen (secondary N) is 2. The third-order valence-corrected chi connectivity index (χ3v) is 1.30. The molecule has 10 heavy (non-hydrogen) atoms. The van der Waals surface area contributed by atoms with Crippen LogP contribution in [-0.4, -0.2) is 17.9 Å². The molecule has 0 aliphatic rings. The van der Waals surface area contributed by atoms with Crippen LogP contribution in [0.3, 0.4) is 0 Å². The highest BCUT2D eigenvalue weighted by Gasteiger charge is 1.89. The fraction of sp³-hybridized carbons (Fsp3) is 0.286. The molecule has 0 aliphatic heterocycles. The van der Waals surface area contributed by atoms with Gasteiger partial charge in [-0.25, -0.2) is 0 Å². The number of amides is 1. The van der Waals surface area contributed by atoms with Gasteiger partial charge < -0.3 is 10.3 Å². The zero-order valence-corrected chi connectivity index (χ0v) is 5.63. The van der Waals surface area contributed by atoms with Crippen LogP contribution in [0.25, 0.3) is 0 Å². The highest BCUT2D eigenvalue weighted by molar-refractivity contribution is 5.45. The Bertz CT molecular complexity index is 181. The molecule has 1 rings (SSSR count). The molecule has 0 aromatic carbocycles. The third-order valence-electron chi connectivity index (χ3n) is 1.30. The van der Waals surface area contributed by atoms with Crippen LogP contribution >= 0.6 is 0 Å². The van der Waals surface area contributed by atoms with Gasteiger partial charge in [-0.15, -0.1) is 0 Å². The van der Waals surface area contributed by atoms with E-state index in [1.165, 1.54) is 5.56 Å². The van der Waals surface area contributed by atoms with Gasteiger partial charge in [-0.05, 0) is 18.1 Å². The number of hydrogen-bond donors (Lipinski definition) is 2. The normalized spacial score (nSPS) is 9.20.